The molecule has 4 rings (SSSR count). The number of fused-ring (bicyclic) bond motifs is 3. The Balaban J connectivity index is 1.39. The maximum absolute atomic E-state index is 12.8. The lowest BCUT2D eigenvalue weighted by Crippen LogP contribution is -2.52. The number of benzene rings is 2. The summed E-state index contributed by atoms with van der Waals surface area (Å²) in [7, 11) is 0. The van der Waals surface area contributed by atoms with E-state index in [0.29, 0.717) is 12.8 Å². The number of aliphatic carboxylic acids is 1. The Morgan fingerprint density at radius 2 is 1.55 bits per heavy atom. The van der Waals surface area contributed by atoms with E-state index in [9.17, 15) is 14.4 Å². The SMILES string of the molecule is O=C(O)CCNC(=O)CC1(NC(=O)OCC2c3ccccc3-c3ccccc32)CCCCC1. The first-order valence-corrected chi connectivity index (χ1v) is 11.6. The molecule has 2 aliphatic rings. The highest BCUT2D eigenvalue weighted by Gasteiger charge is 2.37. The molecule has 0 spiro atoms. The molecule has 7 heteroatoms. The van der Waals surface area contributed by atoms with Crippen molar-refractivity contribution in [2.75, 3.05) is 13.2 Å². The second-order valence-corrected chi connectivity index (χ2v) is 8.96. The zero-order chi connectivity index (χ0) is 23.3. The normalized spacial score (nSPS) is 16.4. The maximum Gasteiger partial charge on any atom is 0.407 e. The van der Waals surface area contributed by atoms with Crippen molar-refractivity contribution >= 4 is 18.0 Å². The van der Waals surface area contributed by atoms with Crippen LogP contribution in [0.4, 0.5) is 4.79 Å². The van der Waals surface area contributed by atoms with Crippen molar-refractivity contribution in [3.8, 4) is 11.1 Å². The van der Waals surface area contributed by atoms with Gasteiger partial charge in [0, 0.05) is 18.9 Å². The summed E-state index contributed by atoms with van der Waals surface area (Å²) in [5.74, 6) is -1.23. The van der Waals surface area contributed by atoms with Crippen molar-refractivity contribution in [2.45, 2.75) is 56.4 Å². The molecule has 0 unspecified atom stereocenters. The van der Waals surface area contributed by atoms with E-state index in [2.05, 4.69) is 34.9 Å². The first kappa shape index (κ1) is 22.8. The largest absolute Gasteiger partial charge is 0.481 e. The lowest BCUT2D eigenvalue weighted by atomic mass is 9.79. The number of hydrogen-bond acceptors (Lipinski definition) is 4. The topological polar surface area (TPSA) is 105 Å². The molecule has 7 nitrogen and oxygen atoms in total. The number of hydrogen-bond donors (Lipinski definition) is 3. The van der Waals surface area contributed by atoms with Crippen LogP contribution in [0, 0.1) is 0 Å². The molecule has 1 fully saturated rings. The van der Waals surface area contributed by atoms with Crippen LogP contribution in [0.25, 0.3) is 11.1 Å². The Bertz CT molecular complexity index is 983. The van der Waals surface area contributed by atoms with Crippen LogP contribution < -0.4 is 10.6 Å². The third-order valence-electron chi connectivity index (χ3n) is 6.68. The molecule has 2 amide bonds. The summed E-state index contributed by atoms with van der Waals surface area (Å²) in [4.78, 5) is 36.0. The van der Waals surface area contributed by atoms with Gasteiger partial charge < -0.3 is 20.5 Å². The van der Waals surface area contributed by atoms with Crippen LogP contribution in [0.15, 0.2) is 48.5 Å². The molecular weight excluding hydrogens is 420 g/mol. The molecule has 2 aromatic carbocycles. The first-order valence-electron chi connectivity index (χ1n) is 11.6. The molecular formula is C26H30N2O5. The van der Waals surface area contributed by atoms with Crippen LogP contribution in [0.1, 0.15) is 62.0 Å². The highest BCUT2D eigenvalue weighted by Crippen LogP contribution is 2.44. The second kappa shape index (κ2) is 10.1. The zero-order valence-electron chi connectivity index (χ0n) is 18.6. The molecule has 1 saturated carbocycles. The molecule has 3 N–H and O–H groups in total. The van der Waals surface area contributed by atoms with Gasteiger partial charge in [0.1, 0.15) is 6.61 Å². The minimum atomic E-state index is -0.959. The van der Waals surface area contributed by atoms with Gasteiger partial charge in [-0.25, -0.2) is 4.79 Å². The molecule has 0 radical (unpaired) electrons. The Hall–Kier alpha value is -3.35. The lowest BCUT2D eigenvalue weighted by Gasteiger charge is -2.37. The fraction of sp³-hybridized carbons (Fsp3) is 0.423. The smallest absolute Gasteiger partial charge is 0.407 e. The average Bonchev–Trinajstić information content (AvgIpc) is 3.11. The summed E-state index contributed by atoms with van der Waals surface area (Å²) in [5.41, 5.74) is 3.98. The van der Waals surface area contributed by atoms with Crippen LogP contribution in [0.2, 0.25) is 0 Å². The number of ether oxygens (including phenoxy) is 1. The van der Waals surface area contributed by atoms with Crippen molar-refractivity contribution < 1.29 is 24.2 Å². The first-order chi connectivity index (χ1) is 16.0. The van der Waals surface area contributed by atoms with E-state index in [0.717, 1.165) is 30.4 Å². The minimum absolute atomic E-state index is 0.0234. The Morgan fingerprint density at radius 3 is 2.15 bits per heavy atom. The van der Waals surface area contributed by atoms with Gasteiger partial charge in [0.25, 0.3) is 0 Å². The summed E-state index contributed by atoms with van der Waals surface area (Å²) in [6.45, 7) is 0.302. The predicted octanol–water partition coefficient (Wildman–Crippen LogP) is 4.21. The number of carboxylic acid groups (broad SMARTS) is 1. The van der Waals surface area contributed by atoms with Gasteiger partial charge in [-0.15, -0.1) is 0 Å². The molecule has 2 aromatic rings. The van der Waals surface area contributed by atoms with Crippen LogP contribution in [0.5, 0.6) is 0 Å². The molecule has 0 aromatic heterocycles. The Labute approximate surface area is 193 Å². The van der Waals surface area contributed by atoms with E-state index in [1.165, 1.54) is 11.1 Å². The minimum Gasteiger partial charge on any atom is -0.481 e. The van der Waals surface area contributed by atoms with Crippen LogP contribution >= 0.6 is 0 Å². The Morgan fingerprint density at radius 1 is 0.939 bits per heavy atom. The standard InChI is InChI=1S/C26H30N2O5/c29-23(27-15-12-24(30)31)16-26(13-6-1-7-14-26)28-25(32)33-17-22-20-10-4-2-8-18(20)19-9-3-5-11-21(19)22/h2-5,8-11,22H,1,6-7,12-17H2,(H,27,29)(H,28,32)(H,30,31). The monoisotopic (exact) mass is 450 g/mol. The second-order valence-electron chi connectivity index (χ2n) is 8.96. The molecule has 0 heterocycles. The number of amides is 2. The van der Waals surface area contributed by atoms with Crippen molar-refractivity contribution in [3.05, 3.63) is 59.7 Å². The Kier molecular flexibility index (Phi) is 6.96. The van der Waals surface area contributed by atoms with Gasteiger partial charge in [-0.05, 0) is 35.1 Å². The molecule has 0 atom stereocenters. The lowest BCUT2D eigenvalue weighted by molar-refractivity contribution is -0.136. The average molecular weight is 451 g/mol. The van der Waals surface area contributed by atoms with Gasteiger partial charge in [-0.1, -0.05) is 67.8 Å². The van der Waals surface area contributed by atoms with Gasteiger partial charge in [0.05, 0.1) is 12.0 Å². The molecule has 0 saturated heterocycles. The van der Waals surface area contributed by atoms with Crippen molar-refractivity contribution in [1.29, 1.82) is 0 Å². The molecule has 33 heavy (non-hydrogen) atoms. The van der Waals surface area contributed by atoms with E-state index >= 15 is 0 Å². The highest BCUT2D eigenvalue weighted by atomic mass is 16.5. The number of alkyl carbamates (subject to hydrolysis) is 1. The number of nitrogens with one attached hydrogen (secondary N) is 2. The number of rotatable bonds is 8. The third kappa shape index (κ3) is 5.35. The van der Waals surface area contributed by atoms with E-state index in [1.54, 1.807) is 0 Å². The maximum atomic E-state index is 12.8. The third-order valence-corrected chi connectivity index (χ3v) is 6.68. The molecule has 2 aliphatic carbocycles. The van der Waals surface area contributed by atoms with E-state index < -0.39 is 17.6 Å². The molecule has 0 aliphatic heterocycles. The fourth-order valence-electron chi connectivity index (χ4n) is 5.10. The molecule has 174 valence electrons. The quantitative estimate of drug-likeness (QED) is 0.559. The van der Waals surface area contributed by atoms with E-state index in [-0.39, 0.29) is 37.8 Å². The summed E-state index contributed by atoms with van der Waals surface area (Å²) < 4.78 is 5.70. The van der Waals surface area contributed by atoms with Crippen molar-refractivity contribution in [2.24, 2.45) is 0 Å². The van der Waals surface area contributed by atoms with E-state index in [4.69, 9.17) is 9.84 Å². The van der Waals surface area contributed by atoms with Gasteiger partial charge in [0.15, 0.2) is 0 Å². The van der Waals surface area contributed by atoms with Crippen LogP contribution in [0.3, 0.4) is 0 Å². The summed E-state index contributed by atoms with van der Waals surface area (Å²) >= 11 is 0. The van der Waals surface area contributed by atoms with Gasteiger partial charge in [-0.3, -0.25) is 9.59 Å². The summed E-state index contributed by atoms with van der Waals surface area (Å²) in [6, 6.07) is 16.4. The fourth-order valence-corrected chi connectivity index (χ4v) is 5.10. The number of carbonyl (C=O) groups is 3. The van der Waals surface area contributed by atoms with Gasteiger partial charge >= 0.3 is 12.1 Å². The zero-order valence-corrected chi connectivity index (χ0v) is 18.6. The van der Waals surface area contributed by atoms with Crippen LogP contribution in [-0.4, -0.2) is 41.8 Å². The van der Waals surface area contributed by atoms with Gasteiger partial charge in [-0.2, -0.15) is 0 Å². The summed E-state index contributed by atoms with van der Waals surface area (Å²) in [5, 5.41) is 14.4. The number of carboxylic acids is 1. The van der Waals surface area contributed by atoms with Crippen molar-refractivity contribution in [1.82, 2.24) is 10.6 Å². The predicted molar refractivity (Wildman–Crippen MR) is 124 cm³/mol. The van der Waals surface area contributed by atoms with Gasteiger partial charge in [0.2, 0.25) is 5.91 Å². The number of carbonyl (C=O) groups excluding carboxylic acids is 2. The molecule has 0 bridgehead atoms. The summed E-state index contributed by atoms with van der Waals surface area (Å²) in [6.07, 6.45) is 3.78. The highest BCUT2D eigenvalue weighted by molar-refractivity contribution is 5.80. The van der Waals surface area contributed by atoms with Crippen LogP contribution in [-0.2, 0) is 14.3 Å². The van der Waals surface area contributed by atoms with E-state index in [1.807, 2.05) is 24.3 Å². The van der Waals surface area contributed by atoms with Crippen molar-refractivity contribution in [3.63, 3.8) is 0 Å².